The van der Waals surface area contributed by atoms with Crippen LogP contribution in [0.15, 0.2) is 54.9 Å². The van der Waals surface area contributed by atoms with E-state index in [-0.39, 0.29) is 11.7 Å². The SMILES string of the molecule is CCc1nc2ncc(Cl)cn2c1C(=O)NCc1ccc(N2CC3(CC(c4ccc(OC)c(F)c4)C3)C2)cc1. The number of anilines is 1. The van der Waals surface area contributed by atoms with Crippen LogP contribution in [0.1, 0.15) is 53.0 Å². The number of aromatic nitrogens is 3. The number of halogens is 2. The van der Waals surface area contributed by atoms with Crippen LogP contribution in [0, 0.1) is 11.2 Å². The molecule has 1 aliphatic carbocycles. The molecule has 1 saturated carbocycles. The number of hydrogen-bond acceptors (Lipinski definition) is 5. The van der Waals surface area contributed by atoms with Gasteiger partial charge in [0.1, 0.15) is 5.69 Å². The van der Waals surface area contributed by atoms with Crippen molar-refractivity contribution in [3.63, 3.8) is 0 Å². The lowest BCUT2D eigenvalue weighted by Crippen LogP contribution is -2.61. The van der Waals surface area contributed by atoms with Crippen molar-refractivity contribution in [1.29, 1.82) is 0 Å². The minimum absolute atomic E-state index is 0.205. The number of aryl methyl sites for hydroxylation is 1. The van der Waals surface area contributed by atoms with E-state index < -0.39 is 0 Å². The number of ether oxygens (including phenoxy) is 1. The van der Waals surface area contributed by atoms with Crippen LogP contribution in [-0.2, 0) is 13.0 Å². The Morgan fingerprint density at radius 2 is 1.97 bits per heavy atom. The monoisotopic (exact) mass is 533 g/mol. The molecule has 2 fully saturated rings. The van der Waals surface area contributed by atoms with Crippen LogP contribution < -0.4 is 15.0 Å². The summed E-state index contributed by atoms with van der Waals surface area (Å²) in [7, 11) is 1.49. The summed E-state index contributed by atoms with van der Waals surface area (Å²) in [6, 6.07) is 13.7. The minimum Gasteiger partial charge on any atom is -0.494 e. The van der Waals surface area contributed by atoms with E-state index in [1.54, 1.807) is 22.7 Å². The number of hydrogen-bond donors (Lipinski definition) is 1. The second-order valence-corrected chi connectivity index (χ2v) is 10.8. The highest BCUT2D eigenvalue weighted by molar-refractivity contribution is 6.30. The van der Waals surface area contributed by atoms with Crippen molar-refractivity contribution in [3.8, 4) is 5.75 Å². The Morgan fingerprint density at radius 1 is 1.21 bits per heavy atom. The zero-order valence-electron chi connectivity index (χ0n) is 21.4. The summed E-state index contributed by atoms with van der Waals surface area (Å²) in [5.74, 6) is 0.675. The summed E-state index contributed by atoms with van der Waals surface area (Å²) in [6.07, 6.45) is 5.98. The highest BCUT2D eigenvalue weighted by atomic mass is 35.5. The second-order valence-electron chi connectivity index (χ2n) is 10.4. The quantitative estimate of drug-likeness (QED) is 0.344. The van der Waals surface area contributed by atoms with E-state index in [0.29, 0.717) is 52.2 Å². The van der Waals surface area contributed by atoms with Crippen LogP contribution in [-0.4, -0.2) is 40.5 Å². The molecule has 1 spiro atoms. The first kappa shape index (κ1) is 24.7. The summed E-state index contributed by atoms with van der Waals surface area (Å²) in [6.45, 7) is 4.40. The number of methoxy groups -OCH3 is 1. The van der Waals surface area contributed by atoms with Gasteiger partial charge in [0.25, 0.3) is 5.91 Å². The summed E-state index contributed by atoms with van der Waals surface area (Å²) < 4.78 is 20.8. The molecule has 7 nitrogen and oxygen atoms in total. The Morgan fingerprint density at radius 3 is 2.66 bits per heavy atom. The van der Waals surface area contributed by atoms with Gasteiger partial charge < -0.3 is 15.0 Å². The average Bonchev–Trinajstić information content (AvgIpc) is 3.24. The Labute approximate surface area is 225 Å². The average molecular weight is 534 g/mol. The number of carbonyl (C=O) groups is 1. The Balaban J connectivity index is 1.03. The maximum atomic E-state index is 14.1. The van der Waals surface area contributed by atoms with Crippen LogP contribution in [0.25, 0.3) is 5.78 Å². The van der Waals surface area contributed by atoms with Crippen molar-refractivity contribution in [2.45, 2.75) is 38.6 Å². The molecule has 0 radical (unpaired) electrons. The Bertz CT molecular complexity index is 1510. The first-order valence-corrected chi connectivity index (χ1v) is 13.2. The lowest BCUT2D eigenvalue weighted by molar-refractivity contribution is 0.0632. The van der Waals surface area contributed by atoms with Crippen molar-refractivity contribution >= 4 is 29.0 Å². The molecule has 9 heteroatoms. The van der Waals surface area contributed by atoms with Gasteiger partial charge in [-0.1, -0.05) is 36.7 Å². The summed E-state index contributed by atoms with van der Waals surface area (Å²) in [5.41, 5.74) is 4.75. The van der Waals surface area contributed by atoms with Gasteiger partial charge in [-0.15, -0.1) is 0 Å². The van der Waals surface area contributed by atoms with Gasteiger partial charge in [-0.05, 0) is 60.6 Å². The molecule has 4 aromatic rings. The predicted molar refractivity (Wildman–Crippen MR) is 145 cm³/mol. The lowest BCUT2D eigenvalue weighted by atomic mass is 9.56. The minimum atomic E-state index is -0.289. The number of nitrogens with one attached hydrogen (secondary N) is 1. The number of benzene rings is 2. The Kier molecular flexibility index (Phi) is 6.22. The second kappa shape index (κ2) is 9.58. The molecule has 0 unspecified atom stereocenters. The van der Waals surface area contributed by atoms with Crippen LogP contribution in [0.5, 0.6) is 5.75 Å². The number of carbonyl (C=O) groups excluding carboxylic acids is 1. The molecule has 3 heterocycles. The summed E-state index contributed by atoms with van der Waals surface area (Å²) >= 11 is 6.09. The molecule has 1 N–H and O–H groups in total. The van der Waals surface area contributed by atoms with E-state index in [0.717, 1.165) is 37.1 Å². The standard InChI is InChI=1S/C29H29ClFN5O2/c1-3-24-26(36-15-21(30)14-33-28(36)34-24)27(37)32-13-18-4-7-22(8-5-18)35-16-29(17-35)11-20(12-29)19-6-9-25(38-2)23(31)10-19/h4-10,14-15,20H,3,11-13,16-17H2,1-2H3,(H,32,37). The van der Waals surface area contributed by atoms with Gasteiger partial charge in [0, 0.05) is 36.9 Å². The van der Waals surface area contributed by atoms with E-state index >= 15 is 0 Å². The first-order valence-electron chi connectivity index (χ1n) is 12.9. The third-order valence-corrected chi connectivity index (χ3v) is 8.08. The largest absolute Gasteiger partial charge is 0.494 e. The maximum Gasteiger partial charge on any atom is 0.270 e. The third kappa shape index (κ3) is 4.36. The zero-order chi connectivity index (χ0) is 26.4. The van der Waals surface area contributed by atoms with Gasteiger partial charge >= 0.3 is 0 Å². The molecule has 2 aromatic heterocycles. The molecule has 38 heavy (non-hydrogen) atoms. The number of rotatable bonds is 7. The van der Waals surface area contributed by atoms with Gasteiger partial charge in [0.2, 0.25) is 5.78 Å². The normalized spacial score (nSPS) is 16.4. The third-order valence-electron chi connectivity index (χ3n) is 7.88. The van der Waals surface area contributed by atoms with E-state index in [9.17, 15) is 9.18 Å². The summed E-state index contributed by atoms with van der Waals surface area (Å²) in [4.78, 5) is 24.1. The molecular formula is C29H29ClFN5O2. The molecule has 1 aliphatic heterocycles. The molecule has 196 valence electrons. The van der Waals surface area contributed by atoms with Gasteiger partial charge in [0.15, 0.2) is 11.6 Å². The van der Waals surface area contributed by atoms with Gasteiger partial charge in [-0.2, -0.15) is 0 Å². The van der Waals surface area contributed by atoms with Gasteiger partial charge in [-0.3, -0.25) is 9.20 Å². The van der Waals surface area contributed by atoms with Gasteiger partial charge in [-0.25, -0.2) is 14.4 Å². The number of amides is 1. The first-order chi connectivity index (χ1) is 18.4. The predicted octanol–water partition coefficient (Wildman–Crippen LogP) is 5.41. The molecule has 2 aromatic carbocycles. The summed E-state index contributed by atoms with van der Waals surface area (Å²) in [5, 5.41) is 3.45. The Hall–Kier alpha value is -3.65. The number of imidazole rings is 1. The molecule has 1 saturated heterocycles. The van der Waals surface area contributed by atoms with Crippen molar-refractivity contribution < 1.29 is 13.9 Å². The van der Waals surface area contributed by atoms with Crippen molar-refractivity contribution in [1.82, 2.24) is 19.7 Å². The van der Waals surface area contributed by atoms with E-state index in [1.165, 1.54) is 19.0 Å². The number of nitrogens with zero attached hydrogens (tertiary/aromatic N) is 4. The highest BCUT2D eigenvalue weighted by Gasteiger charge is 2.52. The molecule has 1 amide bonds. The zero-order valence-corrected chi connectivity index (χ0v) is 22.1. The van der Waals surface area contributed by atoms with E-state index in [4.69, 9.17) is 16.3 Å². The molecule has 0 atom stereocenters. The fourth-order valence-electron chi connectivity index (χ4n) is 5.90. The molecule has 6 rings (SSSR count). The van der Waals surface area contributed by atoms with Crippen molar-refractivity contribution in [3.05, 3.63) is 88.2 Å². The topological polar surface area (TPSA) is 71.8 Å². The lowest BCUT2D eigenvalue weighted by Gasteiger charge is -2.60. The molecule has 0 bridgehead atoms. The van der Waals surface area contributed by atoms with Gasteiger partial charge in [0.05, 0.1) is 24.0 Å². The van der Waals surface area contributed by atoms with Crippen LogP contribution in [0.2, 0.25) is 5.02 Å². The number of fused-ring (bicyclic) bond motifs is 1. The van der Waals surface area contributed by atoms with Crippen LogP contribution >= 0.6 is 11.6 Å². The maximum absolute atomic E-state index is 14.1. The van der Waals surface area contributed by atoms with E-state index in [1.807, 2.05) is 13.0 Å². The molecule has 2 aliphatic rings. The molecular weight excluding hydrogens is 505 g/mol. The highest BCUT2D eigenvalue weighted by Crippen LogP contribution is 2.56. The van der Waals surface area contributed by atoms with E-state index in [2.05, 4.69) is 44.5 Å². The van der Waals surface area contributed by atoms with Crippen LogP contribution in [0.4, 0.5) is 10.1 Å². The fraction of sp³-hybridized carbons (Fsp3) is 0.345. The fourth-order valence-corrected chi connectivity index (χ4v) is 6.04. The van der Waals surface area contributed by atoms with Crippen LogP contribution in [0.3, 0.4) is 0 Å². The van der Waals surface area contributed by atoms with Crippen molar-refractivity contribution in [2.75, 3.05) is 25.1 Å². The van der Waals surface area contributed by atoms with Crippen molar-refractivity contribution in [2.24, 2.45) is 5.41 Å². The smallest absolute Gasteiger partial charge is 0.270 e.